The van der Waals surface area contributed by atoms with Crippen molar-refractivity contribution < 1.29 is 19.1 Å². The fourth-order valence-electron chi connectivity index (χ4n) is 1.38. The number of carbonyl (C=O) groups excluding carboxylic acids is 1. The molecule has 1 rings (SSSR count). The Balaban J connectivity index is 2.89. The first-order valence-electron chi connectivity index (χ1n) is 5.27. The van der Waals surface area contributed by atoms with Gasteiger partial charge < -0.3 is 10.0 Å². The molecule has 1 aromatic rings. The Bertz CT molecular complexity index is 468. The number of halogens is 2. The summed E-state index contributed by atoms with van der Waals surface area (Å²) in [6, 6.07) is 0.987. The van der Waals surface area contributed by atoms with Gasteiger partial charge in [-0.1, -0.05) is 11.6 Å². The molecule has 7 heteroatoms. The molecular formula is C11H12ClFN2O3. The number of hydrogen-bond acceptors (Lipinski definition) is 3. The number of carboxylic acids is 1. The minimum absolute atomic E-state index is 0.0392. The first-order valence-corrected chi connectivity index (χ1v) is 5.65. The highest BCUT2D eigenvalue weighted by molar-refractivity contribution is 6.32. The summed E-state index contributed by atoms with van der Waals surface area (Å²) in [7, 11) is 0. The second-order valence-electron chi connectivity index (χ2n) is 3.52. The fourth-order valence-corrected chi connectivity index (χ4v) is 1.56. The van der Waals surface area contributed by atoms with Crippen molar-refractivity contribution in [3.05, 3.63) is 28.8 Å². The highest BCUT2D eigenvalue weighted by Crippen LogP contribution is 2.16. The molecule has 0 aromatic carbocycles. The van der Waals surface area contributed by atoms with Gasteiger partial charge in [0.2, 0.25) is 0 Å². The van der Waals surface area contributed by atoms with E-state index in [0.29, 0.717) is 6.54 Å². The normalized spacial score (nSPS) is 10.2. The largest absolute Gasteiger partial charge is 0.481 e. The molecule has 0 fully saturated rings. The number of carboxylic acid groups (broad SMARTS) is 1. The van der Waals surface area contributed by atoms with Gasteiger partial charge in [-0.2, -0.15) is 0 Å². The summed E-state index contributed by atoms with van der Waals surface area (Å²) in [5.41, 5.74) is -0.0658. The van der Waals surface area contributed by atoms with E-state index < -0.39 is 17.7 Å². The van der Waals surface area contributed by atoms with Gasteiger partial charge in [-0.15, -0.1) is 0 Å². The van der Waals surface area contributed by atoms with E-state index in [2.05, 4.69) is 4.98 Å². The number of pyridine rings is 1. The van der Waals surface area contributed by atoms with Crippen molar-refractivity contribution in [2.45, 2.75) is 13.3 Å². The van der Waals surface area contributed by atoms with Crippen LogP contribution in [0.1, 0.15) is 23.7 Å². The lowest BCUT2D eigenvalue weighted by molar-refractivity contribution is -0.137. The van der Waals surface area contributed by atoms with Crippen LogP contribution in [0.15, 0.2) is 12.3 Å². The number of hydrogen-bond donors (Lipinski definition) is 1. The molecule has 0 saturated heterocycles. The van der Waals surface area contributed by atoms with E-state index >= 15 is 0 Å². The van der Waals surface area contributed by atoms with Crippen molar-refractivity contribution in [3.8, 4) is 0 Å². The van der Waals surface area contributed by atoms with E-state index in [9.17, 15) is 14.0 Å². The lowest BCUT2D eigenvalue weighted by Gasteiger charge is -2.20. The predicted molar refractivity (Wildman–Crippen MR) is 63.0 cm³/mol. The van der Waals surface area contributed by atoms with Gasteiger partial charge in [0.05, 0.1) is 18.2 Å². The van der Waals surface area contributed by atoms with Crippen LogP contribution in [-0.4, -0.2) is 40.0 Å². The van der Waals surface area contributed by atoms with Crippen molar-refractivity contribution in [3.63, 3.8) is 0 Å². The van der Waals surface area contributed by atoms with Crippen LogP contribution in [0.3, 0.4) is 0 Å². The minimum atomic E-state index is -1.01. The van der Waals surface area contributed by atoms with Crippen LogP contribution in [0.2, 0.25) is 5.15 Å². The molecule has 0 atom stereocenters. The Morgan fingerprint density at radius 2 is 2.22 bits per heavy atom. The van der Waals surface area contributed by atoms with Crippen molar-refractivity contribution in [2.75, 3.05) is 13.1 Å². The van der Waals surface area contributed by atoms with Gasteiger partial charge in [0, 0.05) is 13.1 Å². The van der Waals surface area contributed by atoms with E-state index in [-0.39, 0.29) is 23.7 Å². The van der Waals surface area contributed by atoms with Gasteiger partial charge in [-0.3, -0.25) is 9.59 Å². The SMILES string of the molecule is CCN(CCC(=O)O)C(=O)c1cc(F)cnc1Cl. The van der Waals surface area contributed by atoms with Gasteiger partial charge in [0.15, 0.2) is 0 Å². The molecule has 0 spiro atoms. The standard InChI is InChI=1S/C11H12ClFN2O3/c1-2-15(4-3-9(16)17)11(18)8-5-7(13)6-14-10(8)12/h5-6H,2-4H2,1H3,(H,16,17). The monoisotopic (exact) mass is 274 g/mol. The number of aliphatic carboxylic acids is 1. The third kappa shape index (κ3) is 3.66. The van der Waals surface area contributed by atoms with Gasteiger partial charge in [-0.25, -0.2) is 9.37 Å². The van der Waals surface area contributed by atoms with Gasteiger partial charge in [0.1, 0.15) is 11.0 Å². The van der Waals surface area contributed by atoms with Crippen LogP contribution in [0.25, 0.3) is 0 Å². The highest BCUT2D eigenvalue weighted by atomic mass is 35.5. The molecule has 5 nitrogen and oxygen atoms in total. The Morgan fingerprint density at radius 3 is 2.78 bits per heavy atom. The lowest BCUT2D eigenvalue weighted by atomic mass is 10.2. The second-order valence-corrected chi connectivity index (χ2v) is 3.88. The third-order valence-corrected chi connectivity index (χ3v) is 2.60. The number of aromatic nitrogens is 1. The topological polar surface area (TPSA) is 70.5 Å². The zero-order chi connectivity index (χ0) is 13.7. The van der Waals surface area contributed by atoms with Crippen molar-refractivity contribution in [1.82, 2.24) is 9.88 Å². The van der Waals surface area contributed by atoms with Gasteiger partial charge >= 0.3 is 5.97 Å². The molecule has 18 heavy (non-hydrogen) atoms. The van der Waals surface area contributed by atoms with Gasteiger partial charge in [-0.05, 0) is 13.0 Å². The summed E-state index contributed by atoms with van der Waals surface area (Å²) in [5.74, 6) is -2.21. The molecule has 0 saturated carbocycles. The number of amides is 1. The maximum atomic E-state index is 13.0. The van der Waals surface area contributed by atoms with Crippen molar-refractivity contribution in [2.24, 2.45) is 0 Å². The smallest absolute Gasteiger partial charge is 0.305 e. The molecule has 0 aliphatic heterocycles. The summed E-state index contributed by atoms with van der Waals surface area (Å²) >= 11 is 5.71. The Hall–Kier alpha value is -1.69. The Kier molecular flexibility index (Phi) is 5.03. The van der Waals surface area contributed by atoms with Crippen LogP contribution >= 0.6 is 11.6 Å². The Labute approximate surface area is 108 Å². The molecule has 1 N–H and O–H groups in total. The maximum Gasteiger partial charge on any atom is 0.305 e. The number of carbonyl (C=O) groups is 2. The molecule has 0 radical (unpaired) electrons. The average Bonchev–Trinajstić information content (AvgIpc) is 2.32. The summed E-state index contributed by atoms with van der Waals surface area (Å²) < 4.78 is 13.0. The lowest BCUT2D eigenvalue weighted by Crippen LogP contribution is -2.33. The van der Waals surface area contributed by atoms with E-state index in [1.807, 2.05) is 0 Å². The molecular weight excluding hydrogens is 263 g/mol. The molecule has 1 aromatic heterocycles. The highest BCUT2D eigenvalue weighted by Gasteiger charge is 2.19. The molecule has 0 bridgehead atoms. The average molecular weight is 275 g/mol. The number of nitrogens with zero attached hydrogens (tertiary/aromatic N) is 2. The van der Waals surface area contributed by atoms with Crippen LogP contribution in [0.5, 0.6) is 0 Å². The number of rotatable bonds is 5. The second kappa shape index (κ2) is 6.30. The first-order chi connectivity index (χ1) is 8.45. The van der Waals surface area contributed by atoms with E-state index in [4.69, 9.17) is 16.7 Å². The van der Waals surface area contributed by atoms with Crippen LogP contribution in [0, 0.1) is 5.82 Å². The molecule has 0 unspecified atom stereocenters. The maximum absolute atomic E-state index is 13.0. The summed E-state index contributed by atoms with van der Waals surface area (Å²) in [6.45, 7) is 2.04. The fraction of sp³-hybridized carbons (Fsp3) is 0.364. The van der Waals surface area contributed by atoms with Gasteiger partial charge in [0.25, 0.3) is 5.91 Å². The first kappa shape index (κ1) is 14.4. The minimum Gasteiger partial charge on any atom is -0.481 e. The summed E-state index contributed by atoms with van der Waals surface area (Å²) in [6.07, 6.45) is 0.729. The van der Waals surface area contributed by atoms with Crippen LogP contribution < -0.4 is 0 Å². The van der Waals surface area contributed by atoms with Crippen LogP contribution in [-0.2, 0) is 4.79 Å². The molecule has 0 aliphatic carbocycles. The Morgan fingerprint density at radius 1 is 1.56 bits per heavy atom. The quantitative estimate of drug-likeness (QED) is 0.832. The molecule has 1 heterocycles. The molecule has 0 aliphatic rings. The zero-order valence-electron chi connectivity index (χ0n) is 9.69. The van der Waals surface area contributed by atoms with E-state index in [1.54, 1.807) is 6.92 Å². The molecule has 98 valence electrons. The summed E-state index contributed by atoms with van der Waals surface area (Å²) in [5, 5.41) is 8.47. The zero-order valence-corrected chi connectivity index (χ0v) is 10.4. The molecule has 1 amide bonds. The van der Waals surface area contributed by atoms with E-state index in [0.717, 1.165) is 12.3 Å². The summed E-state index contributed by atoms with van der Waals surface area (Å²) in [4.78, 5) is 27.3. The van der Waals surface area contributed by atoms with E-state index in [1.165, 1.54) is 4.90 Å². The van der Waals surface area contributed by atoms with Crippen LogP contribution in [0.4, 0.5) is 4.39 Å². The third-order valence-electron chi connectivity index (χ3n) is 2.30. The predicted octanol–water partition coefficient (Wildman–Crippen LogP) is 1.81. The van der Waals surface area contributed by atoms with Crippen molar-refractivity contribution in [1.29, 1.82) is 0 Å². The van der Waals surface area contributed by atoms with Crippen molar-refractivity contribution >= 4 is 23.5 Å².